The van der Waals surface area contributed by atoms with Gasteiger partial charge in [0, 0.05) is 31.5 Å². The zero-order valence-corrected chi connectivity index (χ0v) is 16.8. The molecule has 26 heavy (non-hydrogen) atoms. The van der Waals surface area contributed by atoms with Gasteiger partial charge < -0.3 is 4.57 Å². The van der Waals surface area contributed by atoms with Gasteiger partial charge in [0.05, 0.1) is 6.26 Å². The Morgan fingerprint density at radius 2 is 1.62 bits per heavy atom. The summed E-state index contributed by atoms with van der Waals surface area (Å²) in [5.41, 5.74) is 0.119. The lowest BCUT2D eigenvalue weighted by Crippen LogP contribution is -2.45. The lowest BCUT2D eigenvalue weighted by atomic mass is 9.69. The molecule has 0 spiro atoms. The van der Waals surface area contributed by atoms with E-state index in [0.717, 1.165) is 25.8 Å². The van der Waals surface area contributed by atoms with Crippen molar-refractivity contribution in [2.45, 2.75) is 82.6 Å². The minimum absolute atomic E-state index is 0.119. The monoisotopic (exact) mass is 380 g/mol. The lowest BCUT2D eigenvalue weighted by molar-refractivity contribution is 0.163. The van der Waals surface area contributed by atoms with Crippen molar-refractivity contribution in [3.8, 4) is 0 Å². The zero-order valence-electron chi connectivity index (χ0n) is 16.0. The molecule has 1 saturated heterocycles. The first kappa shape index (κ1) is 18.4. The van der Waals surface area contributed by atoms with Crippen LogP contribution in [0.15, 0.2) is 0 Å². The summed E-state index contributed by atoms with van der Waals surface area (Å²) in [5, 5.41) is 9.36. The minimum Gasteiger partial charge on any atom is -0.315 e. The van der Waals surface area contributed by atoms with Gasteiger partial charge >= 0.3 is 0 Å². The predicted molar refractivity (Wildman–Crippen MR) is 101 cm³/mol. The number of nitrogens with zero attached hydrogens (tertiary/aromatic N) is 4. The molecular formula is C19H32N4O2S. The molecule has 0 unspecified atom stereocenters. The Morgan fingerprint density at radius 1 is 0.923 bits per heavy atom. The number of sulfonamides is 1. The molecule has 2 fully saturated rings. The van der Waals surface area contributed by atoms with Crippen LogP contribution in [0.4, 0.5) is 0 Å². The molecule has 1 aromatic rings. The molecule has 146 valence electrons. The molecule has 0 radical (unpaired) electrons. The Morgan fingerprint density at radius 3 is 2.31 bits per heavy atom. The van der Waals surface area contributed by atoms with Crippen LogP contribution in [0, 0.1) is 5.92 Å². The van der Waals surface area contributed by atoms with Gasteiger partial charge in [-0.3, -0.25) is 0 Å². The van der Waals surface area contributed by atoms with Crippen LogP contribution in [0.5, 0.6) is 0 Å². The summed E-state index contributed by atoms with van der Waals surface area (Å²) in [6.45, 7) is 2.38. The highest BCUT2D eigenvalue weighted by Crippen LogP contribution is 2.50. The predicted octanol–water partition coefficient (Wildman–Crippen LogP) is 2.88. The Balaban J connectivity index is 1.62. The van der Waals surface area contributed by atoms with E-state index >= 15 is 0 Å². The van der Waals surface area contributed by atoms with Gasteiger partial charge in [0.25, 0.3) is 0 Å². The maximum absolute atomic E-state index is 11.9. The van der Waals surface area contributed by atoms with Crippen molar-refractivity contribution >= 4 is 10.0 Å². The second kappa shape index (κ2) is 7.23. The van der Waals surface area contributed by atoms with Gasteiger partial charge in [-0.25, -0.2) is 12.7 Å². The number of aromatic nitrogens is 3. The van der Waals surface area contributed by atoms with E-state index in [2.05, 4.69) is 9.67 Å². The summed E-state index contributed by atoms with van der Waals surface area (Å²) in [7, 11) is -3.07. The normalized spacial score (nSPS) is 25.6. The van der Waals surface area contributed by atoms with E-state index in [0.29, 0.717) is 19.0 Å². The van der Waals surface area contributed by atoms with E-state index in [4.69, 9.17) is 5.10 Å². The molecule has 1 saturated carbocycles. The summed E-state index contributed by atoms with van der Waals surface area (Å²) >= 11 is 0. The largest absolute Gasteiger partial charge is 0.315 e. The van der Waals surface area contributed by atoms with Crippen molar-refractivity contribution in [1.29, 1.82) is 0 Å². The van der Waals surface area contributed by atoms with E-state index in [1.54, 1.807) is 4.31 Å². The van der Waals surface area contributed by atoms with Crippen LogP contribution in [0.2, 0.25) is 0 Å². The Kier molecular flexibility index (Phi) is 5.12. The molecule has 3 heterocycles. The van der Waals surface area contributed by atoms with Crippen molar-refractivity contribution in [3.05, 3.63) is 11.6 Å². The van der Waals surface area contributed by atoms with Crippen LogP contribution in [-0.2, 0) is 28.4 Å². The summed E-state index contributed by atoms with van der Waals surface area (Å²) in [5.74, 6) is 2.94. The van der Waals surface area contributed by atoms with Crippen LogP contribution in [0.25, 0.3) is 0 Å². The third-order valence-electron chi connectivity index (χ3n) is 7.01. The molecule has 1 aromatic heterocycles. The quantitative estimate of drug-likeness (QED) is 0.809. The number of aryl methyl sites for hydroxylation is 1. The van der Waals surface area contributed by atoms with E-state index < -0.39 is 10.0 Å². The summed E-state index contributed by atoms with van der Waals surface area (Å²) in [6.07, 6.45) is 14.2. The van der Waals surface area contributed by atoms with Crippen molar-refractivity contribution in [3.63, 3.8) is 0 Å². The first-order valence-electron chi connectivity index (χ1n) is 10.4. The Labute approximate surface area is 157 Å². The van der Waals surface area contributed by atoms with E-state index in [-0.39, 0.29) is 5.41 Å². The fourth-order valence-corrected chi connectivity index (χ4v) is 6.46. The number of piperidine rings is 1. The highest BCUT2D eigenvalue weighted by Gasteiger charge is 2.47. The molecule has 2 aliphatic heterocycles. The second-order valence-corrected chi connectivity index (χ2v) is 10.5. The van der Waals surface area contributed by atoms with Crippen molar-refractivity contribution in [2.24, 2.45) is 5.92 Å². The maximum atomic E-state index is 11.9. The van der Waals surface area contributed by atoms with Crippen molar-refractivity contribution in [2.75, 3.05) is 19.3 Å². The number of hydrogen-bond donors (Lipinski definition) is 0. The standard InChI is InChI=1S/C19H32N4O2S/c1-26(24,25)22-14-9-16(10-15-22)19(11-5-6-12-19)18-21-20-17-8-4-2-3-7-13-23(17)18/h16H,2-15H2,1H3. The van der Waals surface area contributed by atoms with E-state index in [1.165, 1.54) is 69.3 Å². The molecule has 0 amide bonds. The number of rotatable bonds is 3. The molecule has 6 nitrogen and oxygen atoms in total. The van der Waals surface area contributed by atoms with Crippen molar-refractivity contribution < 1.29 is 8.42 Å². The zero-order chi connectivity index (χ0) is 18.2. The molecular weight excluding hydrogens is 348 g/mol. The third-order valence-corrected chi connectivity index (χ3v) is 8.31. The van der Waals surface area contributed by atoms with Crippen molar-refractivity contribution in [1.82, 2.24) is 19.1 Å². The van der Waals surface area contributed by atoms with Crippen LogP contribution >= 0.6 is 0 Å². The molecule has 0 aromatic carbocycles. The summed E-state index contributed by atoms with van der Waals surface area (Å²) in [6, 6.07) is 0. The van der Waals surface area contributed by atoms with Gasteiger partial charge in [-0.15, -0.1) is 10.2 Å². The molecule has 4 rings (SSSR count). The summed E-state index contributed by atoms with van der Waals surface area (Å²) in [4.78, 5) is 0. The smallest absolute Gasteiger partial charge is 0.211 e. The van der Waals surface area contributed by atoms with Gasteiger partial charge in [-0.2, -0.15) is 0 Å². The average Bonchev–Trinajstić information content (AvgIpc) is 3.22. The number of fused-ring (bicyclic) bond motifs is 1. The molecule has 0 atom stereocenters. The molecule has 0 bridgehead atoms. The van der Waals surface area contributed by atoms with Crippen LogP contribution in [-0.4, -0.2) is 46.8 Å². The minimum atomic E-state index is -3.07. The second-order valence-electron chi connectivity index (χ2n) is 8.56. The van der Waals surface area contributed by atoms with E-state index in [9.17, 15) is 8.42 Å². The van der Waals surface area contributed by atoms with Gasteiger partial charge in [0.1, 0.15) is 11.6 Å². The number of hydrogen-bond acceptors (Lipinski definition) is 4. The SMILES string of the molecule is CS(=O)(=O)N1CCC(C2(c3nnc4n3CCCCCC4)CCCC2)CC1. The Hall–Kier alpha value is -0.950. The van der Waals surface area contributed by atoms with Gasteiger partial charge in [0.15, 0.2) is 0 Å². The highest BCUT2D eigenvalue weighted by atomic mass is 32.2. The van der Waals surface area contributed by atoms with Crippen LogP contribution in [0.3, 0.4) is 0 Å². The van der Waals surface area contributed by atoms with Crippen LogP contribution < -0.4 is 0 Å². The maximum Gasteiger partial charge on any atom is 0.211 e. The highest BCUT2D eigenvalue weighted by molar-refractivity contribution is 7.88. The molecule has 7 heteroatoms. The topological polar surface area (TPSA) is 68.1 Å². The fraction of sp³-hybridized carbons (Fsp3) is 0.895. The van der Waals surface area contributed by atoms with E-state index in [1.807, 2.05) is 0 Å². The lowest BCUT2D eigenvalue weighted by Gasteiger charge is -2.41. The van der Waals surface area contributed by atoms with Gasteiger partial charge in [-0.1, -0.05) is 25.7 Å². The summed E-state index contributed by atoms with van der Waals surface area (Å²) < 4.78 is 27.9. The average molecular weight is 381 g/mol. The first-order chi connectivity index (χ1) is 12.5. The third kappa shape index (κ3) is 3.33. The molecule has 0 N–H and O–H groups in total. The molecule has 3 aliphatic rings. The first-order valence-corrected chi connectivity index (χ1v) is 12.2. The molecule has 1 aliphatic carbocycles. The fourth-order valence-electron chi connectivity index (χ4n) is 5.59. The van der Waals surface area contributed by atoms with Gasteiger partial charge in [0.2, 0.25) is 10.0 Å². The van der Waals surface area contributed by atoms with Gasteiger partial charge in [-0.05, 0) is 44.4 Å². The Bertz CT molecular complexity index is 729. The van der Waals surface area contributed by atoms with Crippen LogP contribution in [0.1, 0.15) is 75.9 Å².